The van der Waals surface area contributed by atoms with Crippen LogP contribution in [0.25, 0.3) is 0 Å². The highest BCUT2D eigenvalue weighted by molar-refractivity contribution is 5.92. The van der Waals surface area contributed by atoms with Crippen LogP contribution in [-0.2, 0) is 22.7 Å². The highest BCUT2D eigenvalue weighted by Gasteiger charge is 2.35. The molecule has 3 fully saturated rings. The quantitative estimate of drug-likeness (QED) is 0.470. The first-order chi connectivity index (χ1) is 21.4. The van der Waals surface area contributed by atoms with Crippen LogP contribution in [-0.4, -0.2) is 94.8 Å². The van der Waals surface area contributed by atoms with Crippen molar-refractivity contribution in [1.29, 1.82) is 0 Å². The number of amides is 4. The average molecular weight is 601 g/mol. The number of urea groups is 1. The number of anilines is 1. The molecular weight excluding hydrogens is 552 g/mol. The van der Waals surface area contributed by atoms with E-state index in [4.69, 9.17) is 0 Å². The summed E-state index contributed by atoms with van der Waals surface area (Å²) in [4.78, 5) is 48.8. The predicted molar refractivity (Wildman–Crippen MR) is 172 cm³/mol. The number of likely N-dealkylation sites (tertiary alicyclic amines) is 3. The molecule has 44 heavy (non-hydrogen) atoms. The third kappa shape index (κ3) is 7.26. The van der Waals surface area contributed by atoms with E-state index in [0.29, 0.717) is 32.2 Å². The van der Waals surface area contributed by atoms with Gasteiger partial charge < -0.3 is 30.2 Å². The third-order valence-electron chi connectivity index (χ3n) is 10.1. The Balaban J connectivity index is 1.05. The number of nitrogens with zero attached hydrogens (tertiary/aromatic N) is 4. The number of aryl methyl sites for hydroxylation is 1. The SMILES string of the molecule is Cc1cccc(CNC(CC(=O)N2CCC(N3Cc4ccccc4NC3=O)CC2)C(=O)N2CCC(N3CCCCC3)CC2)c1. The lowest BCUT2D eigenvalue weighted by molar-refractivity contribution is -0.141. The van der Waals surface area contributed by atoms with E-state index in [1.165, 1.54) is 37.9 Å². The molecule has 0 radical (unpaired) electrons. The first kappa shape index (κ1) is 30.6. The molecule has 2 N–H and O–H groups in total. The van der Waals surface area contributed by atoms with E-state index < -0.39 is 6.04 Å². The maximum absolute atomic E-state index is 13.9. The van der Waals surface area contributed by atoms with Crippen LogP contribution < -0.4 is 10.6 Å². The van der Waals surface area contributed by atoms with E-state index in [0.717, 1.165) is 55.6 Å². The molecule has 0 aliphatic carbocycles. The van der Waals surface area contributed by atoms with Crippen LogP contribution in [0.5, 0.6) is 0 Å². The molecule has 0 aromatic heterocycles. The monoisotopic (exact) mass is 600 g/mol. The Morgan fingerprint density at radius 2 is 1.57 bits per heavy atom. The summed E-state index contributed by atoms with van der Waals surface area (Å²) in [5.41, 5.74) is 4.29. The van der Waals surface area contributed by atoms with Gasteiger partial charge in [0.2, 0.25) is 11.8 Å². The molecular formula is C35H48N6O3. The van der Waals surface area contributed by atoms with E-state index in [-0.39, 0.29) is 30.3 Å². The smallest absolute Gasteiger partial charge is 0.322 e. The number of carbonyl (C=O) groups excluding carboxylic acids is 3. The number of carbonyl (C=O) groups is 3. The van der Waals surface area contributed by atoms with Crippen molar-refractivity contribution in [2.75, 3.05) is 44.6 Å². The van der Waals surface area contributed by atoms with Crippen molar-refractivity contribution >= 4 is 23.5 Å². The highest BCUT2D eigenvalue weighted by atomic mass is 16.2. The molecule has 6 rings (SSSR count). The van der Waals surface area contributed by atoms with Gasteiger partial charge in [0.1, 0.15) is 0 Å². The first-order valence-corrected chi connectivity index (χ1v) is 16.7. The molecule has 0 spiro atoms. The zero-order chi connectivity index (χ0) is 30.5. The van der Waals surface area contributed by atoms with E-state index in [1.807, 2.05) is 39.0 Å². The Morgan fingerprint density at radius 3 is 2.32 bits per heavy atom. The van der Waals surface area contributed by atoms with Crippen molar-refractivity contribution in [3.63, 3.8) is 0 Å². The molecule has 1 atom stereocenters. The Labute approximate surface area is 261 Å². The maximum atomic E-state index is 13.9. The van der Waals surface area contributed by atoms with E-state index >= 15 is 0 Å². The summed E-state index contributed by atoms with van der Waals surface area (Å²) in [6, 6.07) is 16.2. The molecule has 4 aliphatic rings. The maximum Gasteiger partial charge on any atom is 0.322 e. The number of hydrogen-bond donors (Lipinski definition) is 2. The van der Waals surface area contributed by atoms with Gasteiger partial charge in [0.25, 0.3) is 0 Å². The molecule has 3 saturated heterocycles. The van der Waals surface area contributed by atoms with Crippen LogP contribution in [0.15, 0.2) is 48.5 Å². The van der Waals surface area contributed by atoms with Crippen molar-refractivity contribution in [3.8, 4) is 0 Å². The van der Waals surface area contributed by atoms with Crippen LogP contribution in [0.4, 0.5) is 10.5 Å². The number of para-hydroxylation sites is 1. The molecule has 2 aromatic rings. The van der Waals surface area contributed by atoms with E-state index in [9.17, 15) is 14.4 Å². The summed E-state index contributed by atoms with van der Waals surface area (Å²) in [5, 5.41) is 6.49. The molecule has 2 aromatic carbocycles. The predicted octanol–water partition coefficient (Wildman–Crippen LogP) is 4.36. The molecule has 9 heteroatoms. The van der Waals surface area contributed by atoms with Gasteiger partial charge in [0.15, 0.2) is 0 Å². The van der Waals surface area contributed by atoms with Crippen molar-refractivity contribution < 1.29 is 14.4 Å². The lowest BCUT2D eigenvalue weighted by atomic mass is 9.98. The Kier molecular flexibility index (Phi) is 9.82. The average Bonchev–Trinajstić information content (AvgIpc) is 3.06. The minimum atomic E-state index is -0.559. The number of rotatable bonds is 8. The van der Waals surface area contributed by atoms with Gasteiger partial charge in [-0.2, -0.15) is 0 Å². The van der Waals surface area contributed by atoms with Crippen LogP contribution >= 0.6 is 0 Å². The van der Waals surface area contributed by atoms with Crippen molar-refractivity contribution in [1.82, 2.24) is 24.9 Å². The summed E-state index contributed by atoms with van der Waals surface area (Å²) < 4.78 is 0. The molecule has 9 nitrogen and oxygen atoms in total. The van der Waals surface area contributed by atoms with Gasteiger partial charge in [-0.3, -0.25) is 9.59 Å². The molecule has 4 amide bonds. The van der Waals surface area contributed by atoms with E-state index in [1.54, 1.807) is 0 Å². The minimum absolute atomic E-state index is 0.00943. The lowest BCUT2D eigenvalue weighted by Gasteiger charge is -2.41. The zero-order valence-corrected chi connectivity index (χ0v) is 26.2. The largest absolute Gasteiger partial charge is 0.342 e. The molecule has 4 aliphatic heterocycles. The second-order valence-corrected chi connectivity index (χ2v) is 13.1. The van der Waals surface area contributed by atoms with Gasteiger partial charge in [0.05, 0.1) is 12.5 Å². The van der Waals surface area contributed by atoms with Crippen LogP contribution in [0.2, 0.25) is 0 Å². The van der Waals surface area contributed by atoms with Gasteiger partial charge in [0, 0.05) is 57.0 Å². The highest BCUT2D eigenvalue weighted by Crippen LogP contribution is 2.28. The standard InChI is InChI=1S/C35H48N6O3/c1-26-8-7-9-27(22-26)24-36-32(34(43)40-20-12-29(13-21-40)38-16-5-2-6-17-38)23-33(42)39-18-14-30(15-19-39)41-25-28-10-3-4-11-31(28)37-35(41)44/h3-4,7-11,22,29-30,32,36H,2,5-6,12-21,23-25H2,1H3,(H,37,44). The molecule has 0 saturated carbocycles. The fourth-order valence-electron chi connectivity index (χ4n) is 7.51. The Morgan fingerprint density at radius 1 is 0.864 bits per heavy atom. The number of hydrogen-bond acceptors (Lipinski definition) is 5. The molecule has 236 valence electrons. The molecule has 1 unspecified atom stereocenters. The summed E-state index contributed by atoms with van der Waals surface area (Å²) in [6.07, 6.45) is 7.53. The lowest BCUT2D eigenvalue weighted by Crippen LogP contribution is -2.54. The van der Waals surface area contributed by atoms with Gasteiger partial charge >= 0.3 is 6.03 Å². The van der Waals surface area contributed by atoms with E-state index in [2.05, 4.69) is 46.7 Å². The first-order valence-electron chi connectivity index (χ1n) is 16.7. The van der Waals surface area contributed by atoms with Gasteiger partial charge in [-0.15, -0.1) is 0 Å². The normalized spacial score (nSPS) is 21.1. The summed E-state index contributed by atoms with van der Waals surface area (Å²) in [6.45, 7) is 8.26. The Bertz CT molecular complexity index is 1310. The summed E-state index contributed by atoms with van der Waals surface area (Å²) >= 11 is 0. The van der Waals surface area contributed by atoms with Crippen LogP contribution in [0.1, 0.15) is 68.1 Å². The fraction of sp³-hybridized carbons (Fsp3) is 0.571. The second-order valence-electron chi connectivity index (χ2n) is 13.1. The Hall–Kier alpha value is -3.43. The van der Waals surface area contributed by atoms with Gasteiger partial charge in [-0.1, -0.05) is 54.4 Å². The third-order valence-corrected chi connectivity index (χ3v) is 10.1. The van der Waals surface area contributed by atoms with Crippen molar-refractivity contribution in [2.24, 2.45) is 0 Å². The number of nitrogens with one attached hydrogen (secondary N) is 2. The van der Waals surface area contributed by atoms with Crippen molar-refractivity contribution in [3.05, 3.63) is 65.2 Å². The molecule has 4 heterocycles. The summed E-state index contributed by atoms with van der Waals surface area (Å²) in [5.74, 6) is 0.0526. The second kappa shape index (κ2) is 14.1. The van der Waals surface area contributed by atoms with Crippen LogP contribution in [0.3, 0.4) is 0 Å². The van der Waals surface area contributed by atoms with Crippen LogP contribution in [0, 0.1) is 6.92 Å². The topological polar surface area (TPSA) is 88.2 Å². The summed E-state index contributed by atoms with van der Waals surface area (Å²) in [7, 11) is 0. The van der Waals surface area contributed by atoms with Gasteiger partial charge in [-0.25, -0.2) is 4.79 Å². The number of piperidine rings is 3. The van der Waals surface area contributed by atoms with Gasteiger partial charge in [-0.05, 0) is 75.7 Å². The van der Waals surface area contributed by atoms with Crippen molar-refractivity contribution in [2.45, 2.75) is 89.5 Å². The zero-order valence-electron chi connectivity index (χ0n) is 26.2. The minimum Gasteiger partial charge on any atom is -0.342 e. The fourth-order valence-corrected chi connectivity index (χ4v) is 7.51. The number of fused-ring (bicyclic) bond motifs is 1. The molecule has 0 bridgehead atoms. The number of benzene rings is 2.